The molecule has 0 saturated carbocycles. The molecule has 0 amide bonds. The monoisotopic (exact) mass is 246 g/mol. The van der Waals surface area contributed by atoms with Gasteiger partial charge in [0.25, 0.3) is 0 Å². The molecule has 0 radical (unpaired) electrons. The van der Waals surface area contributed by atoms with E-state index in [9.17, 15) is 0 Å². The molecule has 0 unspecified atom stereocenters. The fraction of sp³-hybridized carbons (Fsp3) is 0.625. The molecule has 0 aromatic heterocycles. The fourth-order valence-corrected chi connectivity index (χ4v) is 2.43. The van der Waals surface area contributed by atoms with Gasteiger partial charge in [-0.25, -0.2) is 0 Å². The average Bonchev–Trinajstić information content (AvgIpc) is 2.38. The summed E-state index contributed by atoms with van der Waals surface area (Å²) >= 11 is 0. The average molecular weight is 246 g/mol. The van der Waals surface area contributed by atoms with E-state index in [-0.39, 0.29) is 0 Å². The molecule has 0 bridgehead atoms. The Kier molecular flexibility index (Phi) is 5.06. The second-order valence-corrected chi connectivity index (χ2v) is 5.70. The zero-order chi connectivity index (χ0) is 12.8. The van der Waals surface area contributed by atoms with Gasteiger partial charge in [-0.15, -0.1) is 0 Å². The van der Waals surface area contributed by atoms with Crippen LogP contribution >= 0.6 is 0 Å². The van der Waals surface area contributed by atoms with Crippen LogP contribution in [0.15, 0.2) is 18.2 Å². The molecule has 0 spiro atoms. The Hall–Kier alpha value is -1.02. The molecule has 1 aliphatic rings. The Balaban J connectivity index is 1.76. The molecule has 0 fully saturated rings. The topological polar surface area (TPSA) is 24.1 Å². The van der Waals surface area contributed by atoms with Crippen molar-refractivity contribution in [3.8, 4) is 0 Å². The summed E-state index contributed by atoms with van der Waals surface area (Å²) in [5.74, 6) is 0.798. The number of benzene rings is 1. The van der Waals surface area contributed by atoms with E-state index in [1.54, 1.807) is 0 Å². The first kappa shape index (κ1) is 13.4. The minimum atomic E-state index is 0.798. The highest BCUT2D eigenvalue weighted by molar-refractivity contribution is 5.54. The molecule has 1 aromatic rings. The Bertz CT molecular complexity index is 371. The molecule has 2 N–H and O–H groups in total. The third-order valence-electron chi connectivity index (χ3n) is 3.60. The van der Waals surface area contributed by atoms with Gasteiger partial charge in [-0.1, -0.05) is 26.0 Å². The van der Waals surface area contributed by atoms with Crippen LogP contribution in [0.25, 0.3) is 0 Å². The van der Waals surface area contributed by atoms with Gasteiger partial charge in [0.2, 0.25) is 0 Å². The van der Waals surface area contributed by atoms with E-state index in [4.69, 9.17) is 0 Å². The second-order valence-electron chi connectivity index (χ2n) is 5.70. The van der Waals surface area contributed by atoms with Gasteiger partial charge in [0, 0.05) is 12.2 Å². The smallest absolute Gasteiger partial charge is 0.0372 e. The van der Waals surface area contributed by atoms with Gasteiger partial charge >= 0.3 is 0 Å². The first-order chi connectivity index (χ1) is 8.75. The quantitative estimate of drug-likeness (QED) is 0.753. The summed E-state index contributed by atoms with van der Waals surface area (Å²) in [6.07, 6.45) is 4.92. The highest BCUT2D eigenvalue weighted by atomic mass is 14.9. The predicted molar refractivity (Wildman–Crippen MR) is 79.3 cm³/mol. The zero-order valence-corrected chi connectivity index (χ0v) is 11.8. The third kappa shape index (κ3) is 4.02. The minimum absolute atomic E-state index is 0.798. The maximum Gasteiger partial charge on any atom is 0.0372 e. The van der Waals surface area contributed by atoms with Gasteiger partial charge in [0.05, 0.1) is 0 Å². The van der Waals surface area contributed by atoms with Crippen LogP contribution in [0.3, 0.4) is 0 Å². The number of hydrogen-bond acceptors (Lipinski definition) is 2. The lowest BCUT2D eigenvalue weighted by molar-refractivity contribution is 0.539. The van der Waals surface area contributed by atoms with E-state index in [0.717, 1.165) is 32.0 Å². The lowest BCUT2D eigenvalue weighted by Gasteiger charge is -2.18. The summed E-state index contributed by atoms with van der Waals surface area (Å²) in [6.45, 7) is 7.92. The van der Waals surface area contributed by atoms with Crippen molar-refractivity contribution in [3.05, 3.63) is 29.3 Å². The van der Waals surface area contributed by atoms with Crippen LogP contribution in [-0.4, -0.2) is 19.6 Å². The van der Waals surface area contributed by atoms with Crippen LogP contribution in [0.1, 0.15) is 37.8 Å². The van der Waals surface area contributed by atoms with Crippen LogP contribution in [-0.2, 0) is 12.8 Å². The first-order valence-electron chi connectivity index (χ1n) is 7.32. The molecule has 0 saturated heterocycles. The zero-order valence-electron chi connectivity index (χ0n) is 11.8. The lowest BCUT2D eigenvalue weighted by Crippen LogP contribution is -2.20. The Morgan fingerprint density at radius 3 is 3.00 bits per heavy atom. The van der Waals surface area contributed by atoms with Gasteiger partial charge in [0.15, 0.2) is 0 Å². The Morgan fingerprint density at radius 1 is 1.28 bits per heavy atom. The lowest BCUT2D eigenvalue weighted by atomic mass is 9.99. The molecule has 0 aliphatic carbocycles. The van der Waals surface area contributed by atoms with Crippen LogP contribution in [0.2, 0.25) is 0 Å². The molecule has 2 rings (SSSR count). The number of hydrogen-bond donors (Lipinski definition) is 2. The highest BCUT2D eigenvalue weighted by Crippen LogP contribution is 2.22. The summed E-state index contributed by atoms with van der Waals surface area (Å²) in [5.41, 5.74) is 4.31. The van der Waals surface area contributed by atoms with E-state index >= 15 is 0 Å². The van der Waals surface area contributed by atoms with Crippen molar-refractivity contribution in [2.45, 2.75) is 39.5 Å². The SMILES string of the molecule is CC(C)CCNCCc1ccc2c(c1)CCCN2. The second kappa shape index (κ2) is 6.79. The minimum Gasteiger partial charge on any atom is -0.385 e. The van der Waals surface area contributed by atoms with Crippen molar-refractivity contribution >= 4 is 5.69 Å². The number of fused-ring (bicyclic) bond motifs is 1. The summed E-state index contributed by atoms with van der Waals surface area (Å²) in [4.78, 5) is 0. The fourth-order valence-electron chi connectivity index (χ4n) is 2.43. The van der Waals surface area contributed by atoms with Crippen molar-refractivity contribution < 1.29 is 0 Å². The van der Waals surface area contributed by atoms with Crippen molar-refractivity contribution in [1.29, 1.82) is 0 Å². The highest BCUT2D eigenvalue weighted by Gasteiger charge is 2.08. The van der Waals surface area contributed by atoms with Gasteiger partial charge in [-0.05, 0) is 61.9 Å². The van der Waals surface area contributed by atoms with E-state index < -0.39 is 0 Å². The van der Waals surface area contributed by atoms with Crippen LogP contribution < -0.4 is 10.6 Å². The van der Waals surface area contributed by atoms with E-state index in [0.29, 0.717) is 0 Å². The maximum atomic E-state index is 3.53. The first-order valence-corrected chi connectivity index (χ1v) is 7.32. The van der Waals surface area contributed by atoms with Crippen molar-refractivity contribution in [2.24, 2.45) is 5.92 Å². The summed E-state index contributed by atoms with van der Waals surface area (Å²) in [7, 11) is 0. The van der Waals surface area contributed by atoms with Crippen molar-refractivity contribution in [1.82, 2.24) is 5.32 Å². The third-order valence-corrected chi connectivity index (χ3v) is 3.60. The standard InChI is InChI=1S/C16H26N2/c1-13(2)7-10-17-11-8-14-5-6-16-15(12-14)4-3-9-18-16/h5-6,12-13,17-18H,3-4,7-11H2,1-2H3. The number of nitrogens with one attached hydrogen (secondary N) is 2. The molecule has 2 heteroatoms. The van der Waals surface area contributed by atoms with Crippen molar-refractivity contribution in [2.75, 3.05) is 25.0 Å². The van der Waals surface area contributed by atoms with Crippen molar-refractivity contribution in [3.63, 3.8) is 0 Å². The van der Waals surface area contributed by atoms with Gasteiger partial charge in [-0.3, -0.25) is 0 Å². The van der Waals surface area contributed by atoms with E-state index in [1.165, 1.54) is 36.1 Å². The largest absolute Gasteiger partial charge is 0.385 e. The Morgan fingerprint density at radius 2 is 2.17 bits per heavy atom. The van der Waals surface area contributed by atoms with Crippen LogP contribution in [0, 0.1) is 5.92 Å². The van der Waals surface area contributed by atoms with Crippen LogP contribution in [0.5, 0.6) is 0 Å². The molecule has 1 heterocycles. The molecular weight excluding hydrogens is 220 g/mol. The number of rotatable bonds is 6. The van der Waals surface area contributed by atoms with Crippen LogP contribution in [0.4, 0.5) is 5.69 Å². The molecule has 0 atom stereocenters. The normalized spacial score (nSPS) is 14.4. The predicted octanol–water partition coefficient (Wildman–Crippen LogP) is 3.22. The number of anilines is 1. The van der Waals surface area contributed by atoms with E-state index in [2.05, 4.69) is 42.7 Å². The summed E-state index contributed by atoms with van der Waals surface area (Å²) in [6, 6.07) is 6.89. The molecule has 1 aliphatic heterocycles. The molecule has 100 valence electrons. The maximum absolute atomic E-state index is 3.53. The molecular formula is C16H26N2. The van der Waals surface area contributed by atoms with Gasteiger partial charge in [-0.2, -0.15) is 0 Å². The number of aryl methyl sites for hydroxylation is 1. The molecule has 18 heavy (non-hydrogen) atoms. The van der Waals surface area contributed by atoms with E-state index in [1.807, 2.05) is 0 Å². The Labute approximate surface area is 111 Å². The summed E-state index contributed by atoms with van der Waals surface area (Å²) in [5, 5.41) is 6.99. The van der Waals surface area contributed by atoms with Gasteiger partial charge < -0.3 is 10.6 Å². The molecule has 2 nitrogen and oxygen atoms in total. The summed E-state index contributed by atoms with van der Waals surface area (Å²) < 4.78 is 0. The van der Waals surface area contributed by atoms with Gasteiger partial charge in [0.1, 0.15) is 0 Å². The molecule has 1 aromatic carbocycles.